The first-order chi connectivity index (χ1) is 10.1. The van der Waals surface area contributed by atoms with E-state index in [0.717, 1.165) is 5.56 Å². The Bertz CT molecular complexity index is 653. The van der Waals surface area contributed by atoms with Gasteiger partial charge in [-0.15, -0.1) is 0 Å². The van der Waals surface area contributed by atoms with E-state index in [9.17, 15) is 14.0 Å². The Balaban J connectivity index is 1.99. The fourth-order valence-electron chi connectivity index (χ4n) is 1.80. The minimum absolute atomic E-state index is 0.00341. The second-order valence-corrected chi connectivity index (χ2v) is 4.35. The number of nitrogens with one attached hydrogen (secondary N) is 1. The molecule has 0 aliphatic carbocycles. The standard InChI is InChI=1S/C16H14FNO3/c1-21-16(20)12-8-6-11(7-9-12)10-18-15(19)13-4-2-3-5-14(13)17/h2-9H,10H2,1H3,(H,18,19). The Morgan fingerprint density at radius 1 is 1.10 bits per heavy atom. The molecule has 0 heterocycles. The molecule has 0 saturated carbocycles. The van der Waals surface area contributed by atoms with Crippen molar-refractivity contribution in [3.05, 3.63) is 71.0 Å². The molecule has 1 amide bonds. The van der Waals surface area contributed by atoms with Crippen molar-refractivity contribution in [1.82, 2.24) is 5.32 Å². The van der Waals surface area contributed by atoms with Crippen LogP contribution in [-0.4, -0.2) is 19.0 Å². The van der Waals surface area contributed by atoms with Crippen LogP contribution in [0, 0.1) is 5.82 Å². The number of carbonyl (C=O) groups is 2. The third-order valence-electron chi connectivity index (χ3n) is 2.95. The van der Waals surface area contributed by atoms with Crippen molar-refractivity contribution < 1.29 is 18.7 Å². The molecule has 0 aliphatic heterocycles. The first kappa shape index (κ1) is 14.7. The van der Waals surface area contributed by atoms with E-state index >= 15 is 0 Å². The topological polar surface area (TPSA) is 55.4 Å². The summed E-state index contributed by atoms with van der Waals surface area (Å²) < 4.78 is 18.0. The van der Waals surface area contributed by atoms with E-state index in [0.29, 0.717) is 5.56 Å². The Hall–Kier alpha value is -2.69. The van der Waals surface area contributed by atoms with Gasteiger partial charge in [-0.2, -0.15) is 0 Å². The molecule has 108 valence electrons. The van der Waals surface area contributed by atoms with E-state index in [1.165, 1.54) is 25.3 Å². The maximum Gasteiger partial charge on any atom is 0.337 e. The molecular weight excluding hydrogens is 273 g/mol. The Kier molecular flexibility index (Phi) is 4.66. The monoisotopic (exact) mass is 287 g/mol. The van der Waals surface area contributed by atoms with Gasteiger partial charge in [0.25, 0.3) is 5.91 Å². The normalized spacial score (nSPS) is 10.0. The number of esters is 1. The van der Waals surface area contributed by atoms with E-state index in [1.807, 2.05) is 0 Å². The highest BCUT2D eigenvalue weighted by molar-refractivity contribution is 5.94. The lowest BCUT2D eigenvalue weighted by molar-refractivity contribution is 0.0600. The first-order valence-electron chi connectivity index (χ1n) is 6.32. The molecule has 0 atom stereocenters. The summed E-state index contributed by atoms with van der Waals surface area (Å²) in [7, 11) is 1.31. The van der Waals surface area contributed by atoms with Gasteiger partial charge >= 0.3 is 5.97 Å². The highest BCUT2D eigenvalue weighted by Gasteiger charge is 2.10. The molecule has 2 rings (SSSR count). The second-order valence-electron chi connectivity index (χ2n) is 4.35. The molecule has 0 bridgehead atoms. The van der Waals surface area contributed by atoms with Crippen molar-refractivity contribution in [2.24, 2.45) is 0 Å². The molecule has 4 nitrogen and oxygen atoms in total. The van der Waals surface area contributed by atoms with Crippen LogP contribution in [-0.2, 0) is 11.3 Å². The van der Waals surface area contributed by atoms with Gasteiger partial charge in [0, 0.05) is 6.54 Å². The molecule has 0 radical (unpaired) electrons. The molecule has 2 aromatic rings. The van der Waals surface area contributed by atoms with Gasteiger partial charge in [0.05, 0.1) is 18.2 Å². The lowest BCUT2D eigenvalue weighted by Crippen LogP contribution is -2.23. The predicted molar refractivity (Wildman–Crippen MR) is 75.4 cm³/mol. The first-order valence-corrected chi connectivity index (χ1v) is 6.32. The third kappa shape index (κ3) is 3.66. The van der Waals surface area contributed by atoms with Gasteiger partial charge in [-0.1, -0.05) is 24.3 Å². The van der Waals surface area contributed by atoms with E-state index < -0.39 is 17.7 Å². The number of halogens is 1. The van der Waals surface area contributed by atoms with Crippen LogP contribution >= 0.6 is 0 Å². The highest BCUT2D eigenvalue weighted by Crippen LogP contribution is 2.08. The van der Waals surface area contributed by atoms with Crippen LogP contribution in [0.3, 0.4) is 0 Å². The van der Waals surface area contributed by atoms with Crippen molar-refractivity contribution in [3.63, 3.8) is 0 Å². The number of benzene rings is 2. The smallest absolute Gasteiger partial charge is 0.337 e. The number of methoxy groups -OCH3 is 1. The van der Waals surface area contributed by atoms with E-state index in [2.05, 4.69) is 10.1 Å². The quantitative estimate of drug-likeness (QED) is 0.879. The Morgan fingerprint density at radius 3 is 2.38 bits per heavy atom. The molecule has 0 saturated heterocycles. The largest absolute Gasteiger partial charge is 0.465 e. The summed E-state index contributed by atoms with van der Waals surface area (Å²) >= 11 is 0. The highest BCUT2D eigenvalue weighted by atomic mass is 19.1. The molecule has 0 spiro atoms. The zero-order chi connectivity index (χ0) is 15.2. The van der Waals surface area contributed by atoms with Crippen molar-refractivity contribution in [2.75, 3.05) is 7.11 Å². The number of hydrogen-bond acceptors (Lipinski definition) is 3. The van der Waals surface area contributed by atoms with Crippen LogP contribution in [0.15, 0.2) is 48.5 Å². The van der Waals surface area contributed by atoms with Gasteiger partial charge in [-0.3, -0.25) is 4.79 Å². The Labute approximate surface area is 121 Å². The van der Waals surface area contributed by atoms with Crippen molar-refractivity contribution in [1.29, 1.82) is 0 Å². The van der Waals surface area contributed by atoms with Crippen LogP contribution < -0.4 is 5.32 Å². The van der Waals surface area contributed by atoms with Gasteiger partial charge in [0.1, 0.15) is 5.82 Å². The van der Waals surface area contributed by atoms with Crippen molar-refractivity contribution in [2.45, 2.75) is 6.54 Å². The fourth-order valence-corrected chi connectivity index (χ4v) is 1.80. The minimum Gasteiger partial charge on any atom is -0.465 e. The number of ether oxygens (including phenoxy) is 1. The average Bonchev–Trinajstić information content (AvgIpc) is 2.52. The second kappa shape index (κ2) is 6.65. The van der Waals surface area contributed by atoms with Gasteiger partial charge in [-0.25, -0.2) is 9.18 Å². The molecule has 2 aromatic carbocycles. The van der Waals surface area contributed by atoms with E-state index in [4.69, 9.17) is 0 Å². The number of rotatable bonds is 4. The summed E-state index contributed by atoms with van der Waals surface area (Å²) in [6.45, 7) is 0.245. The summed E-state index contributed by atoms with van der Waals surface area (Å²) in [6.07, 6.45) is 0. The molecule has 0 unspecified atom stereocenters. The number of hydrogen-bond donors (Lipinski definition) is 1. The number of carbonyl (C=O) groups excluding carboxylic acids is 2. The average molecular weight is 287 g/mol. The summed E-state index contributed by atoms with van der Waals surface area (Å²) in [6, 6.07) is 12.4. The predicted octanol–water partition coefficient (Wildman–Crippen LogP) is 2.54. The van der Waals surface area contributed by atoms with Crippen molar-refractivity contribution in [3.8, 4) is 0 Å². The van der Waals surface area contributed by atoms with Gasteiger partial charge in [-0.05, 0) is 29.8 Å². The summed E-state index contributed by atoms with van der Waals surface area (Å²) in [5.74, 6) is -1.46. The molecule has 0 aliphatic rings. The van der Waals surface area contributed by atoms with E-state index in [1.54, 1.807) is 30.3 Å². The zero-order valence-corrected chi connectivity index (χ0v) is 11.4. The van der Waals surface area contributed by atoms with Crippen LogP contribution in [0.4, 0.5) is 4.39 Å². The minimum atomic E-state index is -0.559. The summed E-state index contributed by atoms with van der Waals surface area (Å²) in [5.41, 5.74) is 1.23. The summed E-state index contributed by atoms with van der Waals surface area (Å²) in [5, 5.41) is 2.62. The molecule has 0 fully saturated rings. The summed E-state index contributed by atoms with van der Waals surface area (Å²) in [4.78, 5) is 23.1. The van der Waals surface area contributed by atoms with Crippen LogP contribution in [0.1, 0.15) is 26.3 Å². The molecule has 1 N–H and O–H groups in total. The lowest BCUT2D eigenvalue weighted by Gasteiger charge is -2.07. The molecule has 0 aromatic heterocycles. The lowest BCUT2D eigenvalue weighted by atomic mass is 10.1. The van der Waals surface area contributed by atoms with Gasteiger partial charge < -0.3 is 10.1 Å². The number of amides is 1. The zero-order valence-electron chi connectivity index (χ0n) is 11.4. The third-order valence-corrected chi connectivity index (χ3v) is 2.95. The molecule has 5 heteroatoms. The maximum absolute atomic E-state index is 13.4. The van der Waals surface area contributed by atoms with Crippen LogP contribution in [0.5, 0.6) is 0 Å². The van der Waals surface area contributed by atoms with Gasteiger partial charge in [0.2, 0.25) is 0 Å². The van der Waals surface area contributed by atoms with E-state index in [-0.39, 0.29) is 12.1 Å². The molecular formula is C16H14FNO3. The Morgan fingerprint density at radius 2 is 1.76 bits per heavy atom. The molecule has 21 heavy (non-hydrogen) atoms. The fraction of sp³-hybridized carbons (Fsp3) is 0.125. The van der Waals surface area contributed by atoms with Crippen molar-refractivity contribution >= 4 is 11.9 Å². The van der Waals surface area contributed by atoms with Crippen LogP contribution in [0.25, 0.3) is 0 Å². The van der Waals surface area contributed by atoms with Gasteiger partial charge in [0.15, 0.2) is 0 Å². The maximum atomic E-state index is 13.4. The SMILES string of the molecule is COC(=O)c1ccc(CNC(=O)c2ccccc2F)cc1. The van der Waals surface area contributed by atoms with Crippen LogP contribution in [0.2, 0.25) is 0 Å².